The summed E-state index contributed by atoms with van der Waals surface area (Å²) in [5, 5.41) is 8.75. The van der Waals surface area contributed by atoms with E-state index in [1.807, 2.05) is 4.98 Å². The number of halogens is 1. The second-order valence-electron chi connectivity index (χ2n) is 3.86. The highest BCUT2D eigenvalue weighted by Crippen LogP contribution is 2.47. The van der Waals surface area contributed by atoms with Gasteiger partial charge in [-0.3, -0.25) is 14.3 Å². The minimum absolute atomic E-state index is 0.117. The number of hydrogen-bond donors (Lipinski definition) is 2. The summed E-state index contributed by atoms with van der Waals surface area (Å²) >= 11 is 0. The van der Waals surface area contributed by atoms with Crippen LogP contribution in [0.1, 0.15) is 6.42 Å². The molecule has 2 atom stereocenters. The molecule has 0 amide bonds. The SMILES string of the molecule is O=c1ccn(C[C@]2(F)C[C@@H]2CO)c(=O)[nH]1. The summed E-state index contributed by atoms with van der Waals surface area (Å²) in [6.45, 7) is -0.331. The third kappa shape index (κ3) is 1.85. The Bertz CT molecular complexity index is 481. The van der Waals surface area contributed by atoms with E-state index in [0.717, 1.165) is 4.57 Å². The molecular formula is C9H11FN2O3. The van der Waals surface area contributed by atoms with E-state index >= 15 is 0 Å². The van der Waals surface area contributed by atoms with Gasteiger partial charge in [0.05, 0.1) is 6.54 Å². The summed E-state index contributed by atoms with van der Waals surface area (Å²) in [6, 6.07) is 1.17. The van der Waals surface area contributed by atoms with Crippen LogP contribution in [0.5, 0.6) is 0 Å². The number of H-pyrrole nitrogens is 1. The van der Waals surface area contributed by atoms with Crippen molar-refractivity contribution in [2.75, 3.05) is 6.61 Å². The van der Waals surface area contributed by atoms with Gasteiger partial charge in [0.25, 0.3) is 5.56 Å². The molecule has 1 saturated carbocycles. The van der Waals surface area contributed by atoms with Crippen LogP contribution in [-0.2, 0) is 6.54 Å². The number of hydrogen-bond acceptors (Lipinski definition) is 3. The molecule has 6 heteroatoms. The van der Waals surface area contributed by atoms with Gasteiger partial charge in [0.2, 0.25) is 0 Å². The predicted molar refractivity (Wildman–Crippen MR) is 50.4 cm³/mol. The van der Waals surface area contributed by atoms with Gasteiger partial charge in [0.15, 0.2) is 0 Å². The topological polar surface area (TPSA) is 75.1 Å². The van der Waals surface area contributed by atoms with E-state index in [9.17, 15) is 14.0 Å². The number of aliphatic hydroxyl groups is 1. The number of aromatic amines is 1. The van der Waals surface area contributed by atoms with Gasteiger partial charge in [0.1, 0.15) is 5.67 Å². The van der Waals surface area contributed by atoms with Crippen molar-refractivity contribution in [2.45, 2.75) is 18.6 Å². The van der Waals surface area contributed by atoms with E-state index in [-0.39, 0.29) is 19.6 Å². The van der Waals surface area contributed by atoms with Crippen LogP contribution in [0.25, 0.3) is 0 Å². The van der Waals surface area contributed by atoms with Gasteiger partial charge < -0.3 is 5.11 Å². The highest BCUT2D eigenvalue weighted by atomic mass is 19.1. The molecule has 1 aliphatic carbocycles. The van der Waals surface area contributed by atoms with Crippen molar-refractivity contribution < 1.29 is 9.50 Å². The van der Waals surface area contributed by atoms with Gasteiger partial charge in [-0.1, -0.05) is 0 Å². The Morgan fingerprint density at radius 1 is 1.67 bits per heavy atom. The van der Waals surface area contributed by atoms with Crippen molar-refractivity contribution in [2.24, 2.45) is 5.92 Å². The third-order valence-corrected chi connectivity index (χ3v) is 2.71. The van der Waals surface area contributed by atoms with Crippen LogP contribution in [0.4, 0.5) is 4.39 Å². The molecule has 0 aliphatic heterocycles. The molecule has 1 aliphatic rings. The molecule has 0 aromatic carbocycles. The Hall–Kier alpha value is -1.43. The molecule has 2 N–H and O–H groups in total. The number of aromatic nitrogens is 2. The summed E-state index contributed by atoms with van der Waals surface area (Å²) in [5.41, 5.74) is -2.63. The molecule has 0 unspecified atom stereocenters. The van der Waals surface area contributed by atoms with Crippen LogP contribution in [0.15, 0.2) is 21.9 Å². The van der Waals surface area contributed by atoms with Crippen molar-refractivity contribution in [3.63, 3.8) is 0 Å². The van der Waals surface area contributed by atoms with Crippen LogP contribution < -0.4 is 11.2 Å². The van der Waals surface area contributed by atoms with Crippen LogP contribution in [-0.4, -0.2) is 26.9 Å². The largest absolute Gasteiger partial charge is 0.396 e. The van der Waals surface area contributed by atoms with Crippen molar-refractivity contribution in [3.05, 3.63) is 33.1 Å². The molecule has 5 nitrogen and oxygen atoms in total. The molecule has 1 heterocycles. The smallest absolute Gasteiger partial charge is 0.328 e. The maximum atomic E-state index is 13.7. The molecule has 82 valence electrons. The Balaban J connectivity index is 2.19. The lowest BCUT2D eigenvalue weighted by molar-refractivity contribution is 0.191. The van der Waals surface area contributed by atoms with Gasteiger partial charge in [-0.2, -0.15) is 0 Å². The number of nitrogens with one attached hydrogen (secondary N) is 1. The molecule has 1 aromatic heterocycles. The molecule has 15 heavy (non-hydrogen) atoms. The van der Waals surface area contributed by atoms with E-state index in [1.54, 1.807) is 0 Å². The van der Waals surface area contributed by atoms with Gasteiger partial charge in [-0.05, 0) is 6.42 Å². The molecule has 0 bridgehead atoms. The van der Waals surface area contributed by atoms with Crippen molar-refractivity contribution in [1.29, 1.82) is 0 Å². The maximum Gasteiger partial charge on any atom is 0.328 e. The lowest BCUT2D eigenvalue weighted by atomic mass is 10.3. The van der Waals surface area contributed by atoms with Crippen LogP contribution in [0.3, 0.4) is 0 Å². The summed E-state index contributed by atoms with van der Waals surface area (Å²) in [4.78, 5) is 24.0. The molecule has 0 spiro atoms. The fourth-order valence-corrected chi connectivity index (χ4v) is 1.62. The number of aliphatic hydroxyl groups excluding tert-OH is 1. The van der Waals surface area contributed by atoms with E-state index in [1.165, 1.54) is 12.3 Å². The molecule has 0 saturated heterocycles. The van der Waals surface area contributed by atoms with Crippen molar-refractivity contribution in [3.8, 4) is 0 Å². The molecule has 1 aromatic rings. The van der Waals surface area contributed by atoms with Gasteiger partial charge in [-0.25, -0.2) is 9.18 Å². The number of nitrogens with zero attached hydrogens (tertiary/aromatic N) is 1. The minimum atomic E-state index is -1.50. The van der Waals surface area contributed by atoms with Crippen molar-refractivity contribution >= 4 is 0 Å². The van der Waals surface area contributed by atoms with E-state index < -0.39 is 22.8 Å². The molecule has 0 radical (unpaired) electrons. The number of alkyl halides is 1. The summed E-state index contributed by atoms with van der Waals surface area (Å²) in [7, 11) is 0. The zero-order valence-corrected chi connectivity index (χ0v) is 7.94. The Morgan fingerprint density at radius 2 is 2.40 bits per heavy atom. The normalized spacial score (nSPS) is 29.1. The van der Waals surface area contributed by atoms with Gasteiger partial charge in [0, 0.05) is 24.8 Å². The second kappa shape index (κ2) is 3.30. The average Bonchev–Trinajstić information content (AvgIpc) is 2.82. The van der Waals surface area contributed by atoms with Crippen LogP contribution in [0.2, 0.25) is 0 Å². The second-order valence-corrected chi connectivity index (χ2v) is 3.86. The predicted octanol–water partition coefficient (Wildman–Crippen LogP) is -0.743. The van der Waals surface area contributed by atoms with Crippen LogP contribution >= 0.6 is 0 Å². The molecule has 1 fully saturated rings. The highest BCUT2D eigenvalue weighted by Gasteiger charge is 2.55. The fraction of sp³-hybridized carbons (Fsp3) is 0.556. The van der Waals surface area contributed by atoms with Crippen molar-refractivity contribution in [1.82, 2.24) is 9.55 Å². The Labute approximate surface area is 84.2 Å². The first-order valence-electron chi connectivity index (χ1n) is 4.65. The van der Waals surface area contributed by atoms with Gasteiger partial charge in [-0.15, -0.1) is 0 Å². The monoisotopic (exact) mass is 214 g/mol. The lowest BCUT2D eigenvalue weighted by Gasteiger charge is -2.08. The lowest BCUT2D eigenvalue weighted by Crippen LogP contribution is -2.32. The maximum absolute atomic E-state index is 13.7. The average molecular weight is 214 g/mol. The van der Waals surface area contributed by atoms with Crippen LogP contribution in [0, 0.1) is 5.92 Å². The summed E-state index contributed by atoms with van der Waals surface area (Å²) in [5.74, 6) is -0.392. The van der Waals surface area contributed by atoms with Gasteiger partial charge >= 0.3 is 5.69 Å². The van der Waals surface area contributed by atoms with E-state index in [4.69, 9.17) is 5.11 Å². The zero-order valence-electron chi connectivity index (χ0n) is 7.94. The first-order valence-corrected chi connectivity index (χ1v) is 4.65. The fourth-order valence-electron chi connectivity index (χ4n) is 1.62. The van der Waals surface area contributed by atoms with E-state index in [0.29, 0.717) is 0 Å². The number of rotatable bonds is 3. The van der Waals surface area contributed by atoms with E-state index in [2.05, 4.69) is 0 Å². The quantitative estimate of drug-likeness (QED) is 0.695. The Kier molecular flexibility index (Phi) is 2.22. The minimum Gasteiger partial charge on any atom is -0.396 e. The first kappa shape index (κ1) is 10.1. The standard InChI is InChI=1S/C9H11FN2O3/c10-9(3-6(9)4-13)5-12-2-1-7(14)11-8(12)15/h1-2,6,13H,3-5H2,(H,11,14,15)/t6-,9-/m1/s1. The zero-order chi connectivity index (χ0) is 11.1. The summed E-state index contributed by atoms with van der Waals surface area (Å²) in [6.07, 6.45) is 1.52. The first-order chi connectivity index (χ1) is 7.05. The summed E-state index contributed by atoms with van der Waals surface area (Å²) < 4.78 is 14.8. The highest BCUT2D eigenvalue weighted by molar-refractivity contribution is 5.04. The molecule has 2 rings (SSSR count). The Morgan fingerprint density at radius 3 is 2.93 bits per heavy atom. The molecular weight excluding hydrogens is 203 g/mol. The third-order valence-electron chi connectivity index (χ3n) is 2.71.